The second-order valence-electron chi connectivity index (χ2n) is 18.6. The molecule has 0 unspecified atom stereocenters. The second-order valence-corrected chi connectivity index (χ2v) is 25.0. The fourth-order valence-electron chi connectivity index (χ4n) is 8.19. The molecule has 2 aromatic heterocycles. The van der Waals surface area contributed by atoms with E-state index in [-0.39, 0.29) is 123 Å². The van der Waals surface area contributed by atoms with Crippen LogP contribution < -0.4 is 42.5 Å². The molecule has 0 fully saturated rings. The van der Waals surface area contributed by atoms with Crippen LogP contribution in [0.3, 0.4) is 0 Å². The van der Waals surface area contributed by atoms with E-state index in [0.717, 1.165) is 35.4 Å². The van der Waals surface area contributed by atoms with Gasteiger partial charge in [-0.3, -0.25) is 23.2 Å². The van der Waals surface area contributed by atoms with Gasteiger partial charge >= 0.3 is 0 Å². The maximum Gasteiger partial charge on any atom is 0.296 e. The maximum absolute atomic E-state index is 13.2. The molecule has 8 rings (SSSR count). The van der Waals surface area contributed by atoms with Crippen LogP contribution in [0.25, 0.3) is 12.2 Å². The average molecular weight is 1380 g/mol. The van der Waals surface area contributed by atoms with Crippen LogP contribution in [-0.2, 0) is 81.1 Å². The van der Waals surface area contributed by atoms with Crippen LogP contribution in [0.4, 0.5) is 58.4 Å². The lowest BCUT2D eigenvalue weighted by molar-refractivity contribution is -0.432. The maximum atomic E-state index is 13.2. The Morgan fingerprint density at radius 1 is 0.478 bits per heavy atom. The number of nitrogens with two attached hydrogens (primary N) is 2. The van der Waals surface area contributed by atoms with Gasteiger partial charge in [-0.05, 0) is 82.9 Å². The fraction of sp³-hybridized carbons (Fsp3) is 0.115. The molecular weight excluding hydrogens is 1330 g/mol. The van der Waals surface area contributed by atoms with Crippen molar-refractivity contribution in [2.24, 2.45) is 11.5 Å². The Balaban J connectivity index is 1.15. The summed E-state index contributed by atoms with van der Waals surface area (Å²) >= 11 is 1.38. The van der Waals surface area contributed by atoms with Crippen molar-refractivity contribution in [3.05, 3.63) is 156 Å². The summed E-state index contributed by atoms with van der Waals surface area (Å²) in [7, 11) is -14.8. The Hall–Kier alpha value is -8.76. The summed E-state index contributed by atoms with van der Waals surface area (Å²) in [6.07, 6.45) is 2.37. The zero-order valence-corrected chi connectivity index (χ0v) is 51.6. The topological polar surface area (TPSA) is 497 Å². The number of anilines is 10. The molecule has 484 valence electrons. The summed E-state index contributed by atoms with van der Waals surface area (Å²) in [6.45, 7) is 0.148. The van der Waals surface area contributed by atoms with E-state index >= 15 is 0 Å². The van der Waals surface area contributed by atoms with Crippen molar-refractivity contribution in [2.45, 2.75) is 55.3 Å². The summed E-state index contributed by atoms with van der Waals surface area (Å²) < 4.78 is 121. The first kappa shape index (κ1) is 69.1. The predicted molar refractivity (Wildman–Crippen MR) is 331 cm³/mol. The Labute approximate surface area is 534 Å². The van der Waals surface area contributed by atoms with E-state index in [2.05, 4.69) is 75.0 Å². The first-order valence-corrected chi connectivity index (χ1v) is 32.3. The number of nitrogens with zero attached hydrogens (tertiary/aromatic N) is 8. The number of rotatable bonds is 34. The number of nitrogens with one attached hydrogen (secondary N) is 4. The Bertz CT molecular complexity index is 4310. The zero-order chi connectivity index (χ0) is 66.0. The van der Waals surface area contributed by atoms with Gasteiger partial charge < -0.3 is 42.5 Å². The van der Waals surface area contributed by atoms with Gasteiger partial charge in [-0.1, -0.05) is 100 Å². The highest BCUT2D eigenvalue weighted by molar-refractivity contribution is 7.95. The summed E-state index contributed by atoms with van der Waals surface area (Å²) in [4.78, 5) is 53.0. The van der Waals surface area contributed by atoms with E-state index in [1.54, 1.807) is 58.3 Å². The highest BCUT2D eigenvalue weighted by atomic mass is 32.2. The molecule has 0 atom stereocenters. The highest BCUT2D eigenvalue weighted by Gasteiger charge is 2.24. The third-order valence-electron chi connectivity index (χ3n) is 12.2. The van der Waals surface area contributed by atoms with Gasteiger partial charge in [-0.25, -0.2) is 15.8 Å². The number of carbonyl (C=O) groups is 2. The monoisotopic (exact) mass is 1380 g/mol. The van der Waals surface area contributed by atoms with Crippen LogP contribution in [0.2, 0.25) is 0 Å². The predicted octanol–water partition coefficient (Wildman–Crippen LogP) is 7.99. The Morgan fingerprint density at radius 2 is 0.946 bits per heavy atom. The van der Waals surface area contributed by atoms with Crippen molar-refractivity contribution in [3.63, 3.8) is 0 Å². The molecule has 0 aliphatic carbocycles. The average Bonchev–Trinajstić information content (AvgIpc) is 0.930. The minimum Gasteiger partial charge on any atom is -0.370 e. The minimum absolute atomic E-state index is 0.0108. The van der Waals surface area contributed by atoms with E-state index in [4.69, 9.17) is 26.3 Å². The van der Waals surface area contributed by atoms with Gasteiger partial charge in [0, 0.05) is 60.2 Å². The Morgan fingerprint density at radius 3 is 1.45 bits per heavy atom. The zero-order valence-electron chi connectivity index (χ0n) is 46.7. The summed E-state index contributed by atoms with van der Waals surface area (Å²) in [6, 6.07) is 32.8. The van der Waals surface area contributed by atoms with Crippen molar-refractivity contribution in [1.29, 1.82) is 0 Å². The van der Waals surface area contributed by atoms with Gasteiger partial charge in [0.15, 0.2) is 0 Å². The van der Waals surface area contributed by atoms with Gasteiger partial charge in [-0.2, -0.15) is 55.2 Å². The standard InChI is InChI=1S/C52H50N14O20S6/c53-45(67)21-23-65(29-31-7-3-1-4-8-31)51-61-47(59-49(63-51)57-39-28-38(90(72,73)74)18-19-41(39)88-85-82-70)55-35-15-13-33(42(25-35)89-86-83-71)11-12-34-14-16-36(26-44(34)92(78,79)80)56-48-60-50(58-40-27-37(87-84-81-69)17-20-43(40)91(75,76)77)64-52(62-48)66(24-22-46(54)68)30-32-9-5-2-6-10-32/h1-20,25-28,69-71H,21-24,29-30H2,(H2,53,67)(H2,54,68)(H,72,73,74)(H,75,76,77)(H,78,79,80)(H2,55,57,59,61,63)(H2,56,58,60,62,64). The molecule has 0 saturated carbocycles. The van der Waals surface area contributed by atoms with Crippen molar-refractivity contribution in [3.8, 4) is 0 Å². The van der Waals surface area contributed by atoms with Gasteiger partial charge in [0.2, 0.25) is 47.5 Å². The number of hydrogen-bond acceptors (Lipinski definition) is 32. The van der Waals surface area contributed by atoms with Gasteiger partial charge in [-0.15, -0.1) is 13.0 Å². The molecule has 8 aromatic rings. The molecule has 34 nitrogen and oxygen atoms in total. The van der Waals surface area contributed by atoms with E-state index in [9.17, 15) is 53.8 Å². The van der Waals surface area contributed by atoms with Crippen LogP contribution in [0, 0.1) is 0 Å². The quantitative estimate of drug-likeness (QED) is 0.00597. The fourth-order valence-corrected chi connectivity index (χ4v) is 11.4. The first-order valence-electron chi connectivity index (χ1n) is 25.8. The van der Waals surface area contributed by atoms with Crippen LogP contribution in [0.15, 0.2) is 163 Å². The number of hydrogen-bond donors (Lipinski definition) is 12. The largest absolute Gasteiger partial charge is 0.370 e. The van der Waals surface area contributed by atoms with E-state index in [0.29, 0.717) is 36.1 Å². The SMILES string of the molecule is NC(=O)CCN(Cc1ccccc1)c1nc(Nc2ccc(C=Cc3ccc(Nc4nc(Nc5cc(SOOO)ccc5S(=O)(=O)O)nc(N(CCC(N)=O)Cc5ccccc5)n4)cc3S(=O)(=O)O)c(SOOO)c2)nc(Nc2cc(S(=O)(=O)O)ccc2SOOO)n1. The number of aromatic nitrogens is 6. The highest BCUT2D eigenvalue weighted by Crippen LogP contribution is 2.36. The molecule has 40 heteroatoms. The molecule has 0 radical (unpaired) electrons. The summed E-state index contributed by atoms with van der Waals surface area (Å²) in [5, 5.41) is 49.6. The summed E-state index contributed by atoms with van der Waals surface area (Å²) in [5.74, 6) is -2.63. The molecule has 92 heavy (non-hydrogen) atoms. The Kier molecular flexibility index (Phi) is 24.0. The lowest BCUT2D eigenvalue weighted by Crippen LogP contribution is -2.29. The van der Waals surface area contributed by atoms with Crippen LogP contribution in [-0.4, -0.2) is 109 Å². The van der Waals surface area contributed by atoms with Gasteiger partial charge in [0.25, 0.3) is 30.4 Å². The van der Waals surface area contributed by atoms with E-state index in [1.807, 2.05) is 12.1 Å². The minimum atomic E-state index is -5.07. The van der Waals surface area contributed by atoms with Crippen LogP contribution in [0.5, 0.6) is 0 Å². The molecular formula is C52H50N14O20S6. The number of amides is 2. The van der Waals surface area contributed by atoms with Crippen molar-refractivity contribution < 1.29 is 92.4 Å². The summed E-state index contributed by atoms with van der Waals surface area (Å²) in [5.41, 5.74) is 12.6. The number of primary amides is 2. The van der Waals surface area contributed by atoms with Crippen LogP contribution in [0.1, 0.15) is 35.1 Å². The first-order chi connectivity index (χ1) is 43.9. The van der Waals surface area contributed by atoms with Crippen molar-refractivity contribution in [1.82, 2.24) is 29.9 Å². The van der Waals surface area contributed by atoms with Crippen LogP contribution >= 0.6 is 36.1 Å². The lowest BCUT2D eigenvalue weighted by atomic mass is 10.1. The molecule has 2 amide bonds. The molecule has 2 heterocycles. The second kappa shape index (κ2) is 32.0. The molecule has 14 N–H and O–H groups in total. The number of benzene rings is 6. The van der Waals surface area contributed by atoms with Crippen molar-refractivity contribution >= 4 is 149 Å². The normalized spacial score (nSPS) is 11.8. The number of carbonyl (C=O) groups excluding carboxylic acids is 2. The third kappa shape index (κ3) is 20.4. The molecule has 0 aliphatic rings. The lowest BCUT2D eigenvalue weighted by Gasteiger charge is -2.23. The molecule has 6 aromatic carbocycles. The molecule has 0 saturated heterocycles. The van der Waals surface area contributed by atoms with E-state index in [1.165, 1.54) is 60.7 Å². The van der Waals surface area contributed by atoms with Gasteiger partial charge in [0.05, 0.1) is 57.3 Å². The molecule has 0 bridgehead atoms. The van der Waals surface area contributed by atoms with E-state index < -0.39 is 56.9 Å². The third-order valence-corrected chi connectivity index (χ3v) is 16.8. The molecule has 0 spiro atoms. The smallest absolute Gasteiger partial charge is 0.296 e. The molecule has 0 aliphatic heterocycles. The van der Waals surface area contributed by atoms with Gasteiger partial charge in [0.1, 0.15) is 9.79 Å². The van der Waals surface area contributed by atoms with Crippen molar-refractivity contribution in [2.75, 3.05) is 44.2 Å².